The van der Waals surface area contributed by atoms with Crippen molar-refractivity contribution in [2.75, 3.05) is 42.5 Å². The van der Waals surface area contributed by atoms with Crippen LogP contribution in [0, 0.1) is 0 Å². The highest BCUT2D eigenvalue weighted by atomic mass is 32.2. The lowest BCUT2D eigenvalue weighted by molar-refractivity contribution is -0.0319. The van der Waals surface area contributed by atoms with Crippen molar-refractivity contribution < 1.29 is 17.9 Å². The molecule has 1 aliphatic heterocycles. The fourth-order valence-electron chi connectivity index (χ4n) is 3.10. The Balaban J connectivity index is 1.52. The van der Waals surface area contributed by atoms with E-state index in [0.717, 1.165) is 11.9 Å². The monoisotopic (exact) mass is 457 g/mol. The summed E-state index contributed by atoms with van der Waals surface area (Å²) in [5.74, 6) is 2.14. The van der Waals surface area contributed by atoms with E-state index >= 15 is 0 Å². The van der Waals surface area contributed by atoms with Gasteiger partial charge in [-0.05, 0) is 19.1 Å². The van der Waals surface area contributed by atoms with Gasteiger partial charge in [-0.3, -0.25) is 0 Å². The Morgan fingerprint density at radius 1 is 1.06 bits per heavy atom. The third-order valence-corrected chi connectivity index (χ3v) is 5.83. The van der Waals surface area contributed by atoms with E-state index in [2.05, 4.69) is 42.8 Å². The van der Waals surface area contributed by atoms with E-state index in [4.69, 9.17) is 9.47 Å². The van der Waals surface area contributed by atoms with Crippen molar-refractivity contribution in [1.29, 1.82) is 0 Å². The molecular formula is C20H23N7O4S. The van der Waals surface area contributed by atoms with Gasteiger partial charge < -0.3 is 25.4 Å². The van der Waals surface area contributed by atoms with Crippen LogP contribution in [0.1, 0.15) is 6.92 Å². The van der Waals surface area contributed by atoms with Crippen molar-refractivity contribution in [3.8, 4) is 5.75 Å². The molecule has 4 heterocycles. The molecule has 0 saturated carbocycles. The normalized spacial score (nSPS) is 14.8. The molecular weight excluding hydrogens is 434 g/mol. The lowest BCUT2D eigenvalue weighted by Gasteiger charge is -2.39. The average molecular weight is 458 g/mol. The Hall–Kier alpha value is -3.51. The van der Waals surface area contributed by atoms with E-state index in [9.17, 15) is 8.42 Å². The highest BCUT2D eigenvalue weighted by Crippen LogP contribution is 2.32. The molecule has 0 amide bonds. The molecule has 0 aromatic carbocycles. The summed E-state index contributed by atoms with van der Waals surface area (Å²) in [6.45, 7) is 3.29. The number of rotatable bonds is 8. The van der Waals surface area contributed by atoms with Crippen molar-refractivity contribution in [2.24, 2.45) is 0 Å². The summed E-state index contributed by atoms with van der Waals surface area (Å²) in [6, 6.07) is 6.41. The van der Waals surface area contributed by atoms with Gasteiger partial charge in [0, 0.05) is 24.6 Å². The lowest BCUT2D eigenvalue weighted by atomic mass is 10.0. The molecule has 3 N–H and O–H groups in total. The molecule has 1 aliphatic rings. The minimum atomic E-state index is -3.46. The number of pyridine rings is 2. The summed E-state index contributed by atoms with van der Waals surface area (Å²) in [6.07, 6.45) is 5.65. The van der Waals surface area contributed by atoms with Gasteiger partial charge in [0.05, 0.1) is 37.7 Å². The van der Waals surface area contributed by atoms with Gasteiger partial charge >= 0.3 is 0 Å². The number of sulfone groups is 1. The quantitative estimate of drug-likeness (QED) is 0.459. The van der Waals surface area contributed by atoms with Crippen LogP contribution in [-0.4, -0.2) is 60.5 Å². The van der Waals surface area contributed by atoms with Crippen LogP contribution >= 0.6 is 0 Å². The molecule has 32 heavy (non-hydrogen) atoms. The molecule has 0 radical (unpaired) electrons. The fraction of sp³-hybridized carbons (Fsp3) is 0.300. The summed E-state index contributed by atoms with van der Waals surface area (Å²) in [7, 11) is -1.87. The van der Waals surface area contributed by atoms with E-state index in [0.29, 0.717) is 36.4 Å². The van der Waals surface area contributed by atoms with Gasteiger partial charge in [-0.25, -0.2) is 28.4 Å². The van der Waals surface area contributed by atoms with Crippen LogP contribution in [0.3, 0.4) is 0 Å². The summed E-state index contributed by atoms with van der Waals surface area (Å²) < 4.78 is 34.7. The molecule has 1 fully saturated rings. The SMILES string of the molecule is COc1cc(Nc2cc(Nc3ncccc3S(C)(=O)=O)ncn2)ncc1NC1(C)COC1. The number of aromatic nitrogens is 4. The number of hydrogen-bond acceptors (Lipinski definition) is 11. The fourth-order valence-corrected chi connectivity index (χ4v) is 3.88. The molecule has 0 atom stereocenters. The zero-order valence-corrected chi connectivity index (χ0v) is 18.6. The smallest absolute Gasteiger partial charge is 0.179 e. The average Bonchev–Trinajstić information content (AvgIpc) is 2.73. The van der Waals surface area contributed by atoms with E-state index in [-0.39, 0.29) is 16.3 Å². The molecule has 0 spiro atoms. The van der Waals surface area contributed by atoms with E-state index < -0.39 is 9.84 Å². The third kappa shape index (κ3) is 4.86. The molecule has 11 nitrogen and oxygen atoms in total. The van der Waals surface area contributed by atoms with Crippen molar-refractivity contribution in [2.45, 2.75) is 17.4 Å². The third-order valence-electron chi connectivity index (χ3n) is 4.70. The molecule has 4 rings (SSSR count). The van der Waals surface area contributed by atoms with Crippen LogP contribution < -0.4 is 20.7 Å². The molecule has 3 aromatic rings. The van der Waals surface area contributed by atoms with E-state index in [1.165, 1.54) is 18.6 Å². The van der Waals surface area contributed by atoms with Crippen LogP contribution in [0.15, 0.2) is 47.9 Å². The Kier molecular flexibility index (Phi) is 5.80. The minimum Gasteiger partial charge on any atom is -0.494 e. The maximum Gasteiger partial charge on any atom is 0.179 e. The second kappa shape index (κ2) is 8.55. The summed E-state index contributed by atoms with van der Waals surface area (Å²) in [5.41, 5.74) is 0.616. The molecule has 3 aromatic heterocycles. The number of ether oxygens (including phenoxy) is 2. The Labute approximate surface area is 185 Å². The maximum absolute atomic E-state index is 12.0. The number of nitrogens with one attached hydrogen (secondary N) is 3. The number of nitrogens with zero attached hydrogens (tertiary/aromatic N) is 4. The highest BCUT2D eigenvalue weighted by molar-refractivity contribution is 7.90. The molecule has 12 heteroatoms. The first kappa shape index (κ1) is 21.7. The molecule has 1 saturated heterocycles. The van der Waals surface area contributed by atoms with Gasteiger partial charge in [0.15, 0.2) is 9.84 Å². The van der Waals surface area contributed by atoms with E-state index in [1.54, 1.807) is 31.5 Å². The Bertz CT molecular complexity index is 1230. The van der Waals surface area contributed by atoms with E-state index in [1.807, 2.05) is 0 Å². The van der Waals surface area contributed by atoms with Gasteiger partial charge in [-0.2, -0.15) is 0 Å². The van der Waals surface area contributed by atoms with Crippen LogP contribution in [0.2, 0.25) is 0 Å². The molecule has 0 aliphatic carbocycles. The van der Waals surface area contributed by atoms with Crippen molar-refractivity contribution in [1.82, 2.24) is 19.9 Å². The molecule has 0 unspecified atom stereocenters. The molecule has 0 bridgehead atoms. The van der Waals surface area contributed by atoms with Crippen LogP contribution in [0.4, 0.5) is 29.0 Å². The first-order valence-corrected chi connectivity index (χ1v) is 11.6. The van der Waals surface area contributed by atoms with Crippen molar-refractivity contribution in [3.63, 3.8) is 0 Å². The van der Waals surface area contributed by atoms with Crippen molar-refractivity contribution in [3.05, 3.63) is 43.0 Å². The van der Waals surface area contributed by atoms with Gasteiger partial charge in [-0.1, -0.05) is 0 Å². The number of methoxy groups -OCH3 is 1. The summed E-state index contributed by atoms with van der Waals surface area (Å²) in [5, 5.41) is 9.41. The predicted molar refractivity (Wildman–Crippen MR) is 120 cm³/mol. The largest absolute Gasteiger partial charge is 0.494 e. The topological polar surface area (TPSA) is 140 Å². The van der Waals surface area contributed by atoms with Gasteiger partial charge in [0.25, 0.3) is 0 Å². The number of hydrogen-bond donors (Lipinski definition) is 3. The Morgan fingerprint density at radius 2 is 1.78 bits per heavy atom. The first-order chi connectivity index (χ1) is 15.3. The predicted octanol–water partition coefficient (Wildman–Crippen LogP) is 2.37. The highest BCUT2D eigenvalue weighted by Gasteiger charge is 2.34. The standard InChI is InChI=1S/C20H23N7O4S/c1-20(10-31-11-20)27-13-9-22-16(7-14(13)30-2)25-17-8-18(24-12-23-17)26-19-15(32(3,28)29)5-4-6-21-19/h4-9,12,27H,10-11H2,1-3H3,(H2,21,22,23,24,25,26). The summed E-state index contributed by atoms with van der Waals surface area (Å²) >= 11 is 0. The second-order valence-corrected chi connectivity index (χ2v) is 9.59. The Morgan fingerprint density at radius 3 is 2.44 bits per heavy atom. The van der Waals surface area contributed by atoms with Gasteiger partial charge in [-0.15, -0.1) is 0 Å². The first-order valence-electron chi connectivity index (χ1n) is 9.67. The zero-order chi connectivity index (χ0) is 22.8. The van der Waals surface area contributed by atoms with Crippen molar-refractivity contribution >= 4 is 38.8 Å². The second-order valence-electron chi connectivity index (χ2n) is 7.61. The van der Waals surface area contributed by atoms with Gasteiger partial charge in [0.1, 0.15) is 40.2 Å². The van der Waals surface area contributed by atoms with Crippen LogP contribution in [0.5, 0.6) is 5.75 Å². The summed E-state index contributed by atoms with van der Waals surface area (Å²) in [4.78, 5) is 16.9. The van der Waals surface area contributed by atoms with Crippen LogP contribution in [-0.2, 0) is 14.6 Å². The van der Waals surface area contributed by atoms with Crippen LogP contribution in [0.25, 0.3) is 0 Å². The minimum absolute atomic E-state index is 0.0770. The molecule has 168 valence electrons. The number of anilines is 5. The van der Waals surface area contributed by atoms with Gasteiger partial charge in [0.2, 0.25) is 0 Å². The zero-order valence-electron chi connectivity index (χ0n) is 17.8. The maximum atomic E-state index is 12.0. The lowest BCUT2D eigenvalue weighted by Crippen LogP contribution is -2.53.